The van der Waals surface area contributed by atoms with Gasteiger partial charge in [0.2, 0.25) is 11.8 Å². The number of hydrogen-bond donors (Lipinski definition) is 3. The Kier molecular flexibility index (Phi) is 8.64. The number of fused-ring (bicyclic) bond motifs is 1. The highest BCUT2D eigenvalue weighted by atomic mass is 35.5. The van der Waals surface area contributed by atoms with E-state index in [9.17, 15) is 14.7 Å². The third kappa shape index (κ3) is 6.07. The summed E-state index contributed by atoms with van der Waals surface area (Å²) >= 11 is 6.35. The van der Waals surface area contributed by atoms with Crippen LogP contribution in [0.1, 0.15) is 55.3 Å². The van der Waals surface area contributed by atoms with E-state index < -0.39 is 17.4 Å². The van der Waals surface area contributed by atoms with Crippen molar-refractivity contribution in [2.24, 2.45) is 0 Å². The van der Waals surface area contributed by atoms with Crippen LogP contribution in [0.5, 0.6) is 5.88 Å². The number of anilines is 1. The minimum atomic E-state index is -1.10. The fourth-order valence-electron chi connectivity index (χ4n) is 4.60. The van der Waals surface area contributed by atoms with Crippen LogP contribution in [0.2, 0.25) is 5.02 Å². The highest BCUT2D eigenvalue weighted by molar-refractivity contribution is 6.32. The molecule has 1 atom stereocenters. The number of unbranched alkanes of at least 4 members (excludes halogenated alkanes) is 1. The van der Waals surface area contributed by atoms with E-state index in [0.29, 0.717) is 30.0 Å². The maximum absolute atomic E-state index is 13.1. The second-order valence-electron chi connectivity index (χ2n) is 9.32. The number of carbonyl (C=O) groups is 2. The van der Waals surface area contributed by atoms with Crippen LogP contribution in [0.4, 0.5) is 5.82 Å². The largest absolute Gasteiger partial charge is 0.481 e. The molecule has 0 aromatic carbocycles. The van der Waals surface area contributed by atoms with Crippen molar-refractivity contribution in [2.75, 3.05) is 32.2 Å². The van der Waals surface area contributed by atoms with E-state index in [0.717, 1.165) is 50.2 Å². The predicted octanol–water partition coefficient (Wildman–Crippen LogP) is 3.53. The Balaban J connectivity index is 1.20. The van der Waals surface area contributed by atoms with Gasteiger partial charge in [-0.2, -0.15) is 0 Å². The molecule has 2 aromatic heterocycles. The average molecular weight is 517 g/mol. The van der Waals surface area contributed by atoms with Crippen LogP contribution in [-0.4, -0.2) is 59.9 Å². The lowest BCUT2D eigenvalue weighted by atomic mass is 9.95. The summed E-state index contributed by atoms with van der Waals surface area (Å²) in [6.45, 7) is 1.74. The number of methoxy groups -OCH3 is 1. The minimum absolute atomic E-state index is 0.174. The second-order valence-corrected chi connectivity index (χ2v) is 9.73. The van der Waals surface area contributed by atoms with Gasteiger partial charge in [-0.25, -0.2) is 14.8 Å². The SMILES string of the molecule is COc1nccc(Cl)c1C1(C(=O)NC(CCOCCCCc2ccc3c(n2)NCCC3)C(=O)O)CC1. The number of carboxylic acids is 1. The Morgan fingerprint density at radius 1 is 1.25 bits per heavy atom. The van der Waals surface area contributed by atoms with E-state index >= 15 is 0 Å². The number of amides is 1. The number of aliphatic carboxylic acids is 1. The first-order chi connectivity index (χ1) is 17.4. The zero-order chi connectivity index (χ0) is 25.5. The number of carboxylic acid groups (broad SMARTS) is 1. The molecule has 1 aliphatic carbocycles. The summed E-state index contributed by atoms with van der Waals surface area (Å²) in [5.74, 6) is -0.185. The number of hydrogen-bond acceptors (Lipinski definition) is 7. The molecule has 1 saturated carbocycles. The van der Waals surface area contributed by atoms with E-state index in [2.05, 4.69) is 27.8 Å². The number of aryl methyl sites for hydroxylation is 2. The molecule has 10 heteroatoms. The number of nitrogens with one attached hydrogen (secondary N) is 2. The van der Waals surface area contributed by atoms with Gasteiger partial charge in [0.15, 0.2) is 0 Å². The first-order valence-corrected chi connectivity index (χ1v) is 12.9. The van der Waals surface area contributed by atoms with Gasteiger partial charge in [-0.15, -0.1) is 0 Å². The fraction of sp³-hybridized carbons (Fsp3) is 0.538. The van der Waals surface area contributed by atoms with Crippen LogP contribution in [0, 0.1) is 0 Å². The maximum atomic E-state index is 13.1. The number of halogens is 1. The normalized spacial score (nSPS) is 16.4. The lowest BCUT2D eigenvalue weighted by Crippen LogP contribution is -2.46. The Bertz CT molecular complexity index is 1090. The monoisotopic (exact) mass is 516 g/mol. The number of ether oxygens (including phenoxy) is 2. The Labute approximate surface area is 216 Å². The van der Waals surface area contributed by atoms with E-state index in [1.54, 1.807) is 6.07 Å². The standard InChI is InChI=1S/C26H33ClN4O5/c1-35-23-21(19(27)9-14-29-23)26(11-12-26)25(34)31-20(24(32)33)10-16-36-15-3-2-6-18-8-7-17-5-4-13-28-22(17)30-18/h7-9,14,20H,2-6,10-13,15-16H2,1H3,(H,28,30)(H,31,34)(H,32,33). The summed E-state index contributed by atoms with van der Waals surface area (Å²) in [5, 5.41) is 16.0. The second kappa shape index (κ2) is 11.9. The molecular weight excluding hydrogens is 484 g/mol. The lowest BCUT2D eigenvalue weighted by Gasteiger charge is -2.22. The molecule has 0 spiro atoms. The molecule has 1 amide bonds. The molecule has 0 bridgehead atoms. The molecule has 36 heavy (non-hydrogen) atoms. The Hall–Kier alpha value is -2.91. The van der Waals surface area contributed by atoms with Gasteiger partial charge < -0.3 is 25.2 Å². The van der Waals surface area contributed by atoms with Crippen molar-refractivity contribution in [2.45, 2.75) is 62.8 Å². The van der Waals surface area contributed by atoms with Gasteiger partial charge in [0, 0.05) is 43.6 Å². The van der Waals surface area contributed by atoms with Crippen LogP contribution >= 0.6 is 11.6 Å². The third-order valence-corrected chi connectivity index (χ3v) is 7.11. The molecule has 0 radical (unpaired) electrons. The summed E-state index contributed by atoms with van der Waals surface area (Å²) in [7, 11) is 1.47. The summed E-state index contributed by atoms with van der Waals surface area (Å²) < 4.78 is 11.0. The highest BCUT2D eigenvalue weighted by Crippen LogP contribution is 2.53. The number of rotatable bonds is 13. The summed E-state index contributed by atoms with van der Waals surface area (Å²) in [6.07, 6.45) is 7.66. The van der Waals surface area contributed by atoms with E-state index in [1.807, 2.05) is 0 Å². The molecular formula is C26H33ClN4O5. The fourth-order valence-corrected chi connectivity index (χ4v) is 4.92. The van der Waals surface area contributed by atoms with Gasteiger partial charge in [-0.05, 0) is 62.6 Å². The van der Waals surface area contributed by atoms with Gasteiger partial charge in [-0.1, -0.05) is 17.7 Å². The van der Waals surface area contributed by atoms with Gasteiger partial charge in [0.1, 0.15) is 11.9 Å². The molecule has 2 aromatic rings. The van der Waals surface area contributed by atoms with E-state index in [-0.39, 0.29) is 24.8 Å². The summed E-state index contributed by atoms with van der Waals surface area (Å²) in [5.41, 5.74) is 1.95. The first-order valence-electron chi connectivity index (χ1n) is 12.5. The van der Waals surface area contributed by atoms with Crippen LogP contribution in [0.25, 0.3) is 0 Å². The highest BCUT2D eigenvalue weighted by Gasteiger charge is 2.55. The zero-order valence-electron chi connectivity index (χ0n) is 20.5. The van der Waals surface area contributed by atoms with Crippen molar-refractivity contribution in [3.05, 3.63) is 46.2 Å². The van der Waals surface area contributed by atoms with Crippen LogP contribution in [-0.2, 0) is 32.6 Å². The molecule has 9 nitrogen and oxygen atoms in total. The summed E-state index contributed by atoms with van der Waals surface area (Å²) in [4.78, 5) is 33.7. The Morgan fingerprint density at radius 3 is 2.83 bits per heavy atom. The molecule has 2 aliphatic rings. The minimum Gasteiger partial charge on any atom is -0.481 e. The van der Waals surface area contributed by atoms with E-state index in [4.69, 9.17) is 26.1 Å². The first kappa shape index (κ1) is 26.2. The van der Waals surface area contributed by atoms with Crippen molar-refractivity contribution in [3.63, 3.8) is 0 Å². The predicted molar refractivity (Wildman–Crippen MR) is 136 cm³/mol. The number of carbonyl (C=O) groups excluding carboxylic acids is 1. The molecule has 1 unspecified atom stereocenters. The van der Waals surface area contributed by atoms with Crippen molar-refractivity contribution in [1.29, 1.82) is 0 Å². The molecule has 1 fully saturated rings. The third-order valence-electron chi connectivity index (χ3n) is 6.80. The molecule has 194 valence electrons. The number of nitrogens with zero attached hydrogens (tertiary/aromatic N) is 2. The van der Waals surface area contributed by atoms with Gasteiger partial charge >= 0.3 is 5.97 Å². The van der Waals surface area contributed by atoms with Gasteiger partial charge in [-0.3, -0.25) is 4.79 Å². The van der Waals surface area contributed by atoms with Crippen molar-refractivity contribution in [3.8, 4) is 5.88 Å². The molecule has 3 N–H and O–H groups in total. The number of aromatic nitrogens is 2. The average Bonchev–Trinajstić information content (AvgIpc) is 3.68. The lowest BCUT2D eigenvalue weighted by molar-refractivity contribution is -0.142. The quantitative estimate of drug-likeness (QED) is 0.345. The van der Waals surface area contributed by atoms with Gasteiger partial charge in [0.05, 0.1) is 17.5 Å². The number of pyridine rings is 2. The molecule has 1 aliphatic heterocycles. The van der Waals surface area contributed by atoms with Crippen LogP contribution in [0.3, 0.4) is 0 Å². The van der Waals surface area contributed by atoms with E-state index in [1.165, 1.54) is 18.9 Å². The molecule has 4 rings (SSSR count). The van der Waals surface area contributed by atoms with Gasteiger partial charge in [0.25, 0.3) is 0 Å². The topological polar surface area (TPSA) is 123 Å². The smallest absolute Gasteiger partial charge is 0.326 e. The van der Waals surface area contributed by atoms with Crippen LogP contribution in [0.15, 0.2) is 24.4 Å². The Morgan fingerprint density at radius 2 is 2.08 bits per heavy atom. The molecule has 0 saturated heterocycles. The zero-order valence-corrected chi connectivity index (χ0v) is 21.3. The molecule has 3 heterocycles. The summed E-state index contributed by atoms with van der Waals surface area (Å²) in [6, 6.07) is 4.80. The van der Waals surface area contributed by atoms with Crippen molar-refractivity contribution < 1.29 is 24.2 Å². The van der Waals surface area contributed by atoms with Crippen molar-refractivity contribution in [1.82, 2.24) is 15.3 Å². The van der Waals surface area contributed by atoms with Crippen molar-refractivity contribution >= 4 is 29.3 Å². The van der Waals surface area contributed by atoms with Crippen LogP contribution < -0.4 is 15.4 Å². The maximum Gasteiger partial charge on any atom is 0.326 e.